The minimum Gasteiger partial charge on any atom is -0.471 e. The molecule has 1 amide bonds. The van der Waals surface area contributed by atoms with E-state index in [9.17, 15) is 23.1 Å². The quantitative estimate of drug-likeness (QED) is 0.196. The molecule has 1 aliphatic rings. The number of halogens is 5. The van der Waals surface area contributed by atoms with Crippen molar-refractivity contribution in [3.05, 3.63) is 69.7 Å². The number of benzene rings is 2. The molecule has 13 heteroatoms. The fourth-order valence-corrected chi connectivity index (χ4v) is 4.70. The number of aromatic nitrogens is 1. The first kappa shape index (κ1) is 29.3. The smallest absolute Gasteiger partial charge is 0.423 e. The van der Waals surface area contributed by atoms with Gasteiger partial charge in [-0.1, -0.05) is 41.4 Å². The van der Waals surface area contributed by atoms with E-state index in [0.717, 1.165) is 0 Å². The Balaban J connectivity index is 1.88. The van der Waals surface area contributed by atoms with Crippen molar-refractivity contribution in [2.45, 2.75) is 44.2 Å². The minimum absolute atomic E-state index is 0.0655. The highest BCUT2D eigenvalue weighted by Gasteiger charge is 2.45. The Labute approximate surface area is 237 Å². The third-order valence-corrected chi connectivity index (χ3v) is 6.72. The number of pyridine rings is 1. The Kier molecular flexibility index (Phi) is 8.11. The summed E-state index contributed by atoms with van der Waals surface area (Å²) in [4.78, 5) is 17.0. The molecule has 1 unspecified atom stereocenters. The maximum absolute atomic E-state index is 13.0. The number of carbonyl (C=O) groups is 1. The van der Waals surface area contributed by atoms with E-state index in [1.54, 1.807) is 56.3 Å². The first-order valence-electron chi connectivity index (χ1n) is 11.8. The summed E-state index contributed by atoms with van der Waals surface area (Å²) < 4.78 is 49.9. The van der Waals surface area contributed by atoms with E-state index in [4.69, 9.17) is 48.5 Å². The van der Waals surface area contributed by atoms with Gasteiger partial charge in [0.15, 0.2) is 6.40 Å². The van der Waals surface area contributed by atoms with Crippen LogP contribution < -0.4 is 10.1 Å². The highest BCUT2D eigenvalue weighted by atomic mass is 35.5. The summed E-state index contributed by atoms with van der Waals surface area (Å²) in [6.45, 7) is 3.39. The van der Waals surface area contributed by atoms with E-state index in [1.807, 2.05) is 0 Å². The molecule has 0 radical (unpaired) electrons. The van der Waals surface area contributed by atoms with Gasteiger partial charge in [0.2, 0.25) is 17.9 Å². The predicted molar refractivity (Wildman–Crippen MR) is 144 cm³/mol. The van der Waals surface area contributed by atoms with E-state index < -0.39 is 29.8 Å². The van der Waals surface area contributed by atoms with Crippen molar-refractivity contribution in [1.82, 2.24) is 10.3 Å². The van der Waals surface area contributed by atoms with Crippen LogP contribution >= 0.6 is 23.2 Å². The normalized spacial score (nSPS) is 16.8. The van der Waals surface area contributed by atoms with Gasteiger partial charge in [0.05, 0.1) is 16.8 Å². The first-order valence-corrected chi connectivity index (χ1v) is 12.6. The molecule has 0 aliphatic carbocycles. The average Bonchev–Trinajstić information content (AvgIpc) is 2.87. The van der Waals surface area contributed by atoms with Crippen molar-refractivity contribution in [2.75, 3.05) is 0 Å². The van der Waals surface area contributed by atoms with Crippen molar-refractivity contribution >= 4 is 41.4 Å². The SMILES string of the molecule is CC1(C)C[C@@H](NC(=O)C(O)C(F)(F)F)c2cc(-c3ccc(Cl)cc3)c(-c3ccc(C(=N)OC=N)cc3Cl)nc2O1. The van der Waals surface area contributed by atoms with Crippen LogP contribution in [0.25, 0.3) is 22.4 Å². The van der Waals surface area contributed by atoms with Gasteiger partial charge in [0, 0.05) is 33.7 Å². The summed E-state index contributed by atoms with van der Waals surface area (Å²) >= 11 is 12.7. The van der Waals surface area contributed by atoms with Gasteiger partial charge in [-0.25, -0.2) is 4.98 Å². The second-order valence-corrected chi connectivity index (χ2v) is 10.5. The Morgan fingerprint density at radius 2 is 1.88 bits per heavy atom. The monoisotopic (exact) mass is 594 g/mol. The number of aliphatic hydroxyl groups is 1. The number of amides is 1. The standard InChI is InChI=1S/C27H23Cl2F3N4O4/c1-26(2)11-20(35-24(38)22(37)27(30,31)32)18-10-17(13-3-6-15(28)7-4-13)21(36-25(18)40-26)16-8-5-14(9-19(16)29)23(34)39-12-33/h3-10,12,20,22,33-34,37H,11H2,1-2H3,(H,35,38)/t20-,22?/m1/s1. The van der Waals surface area contributed by atoms with Gasteiger partial charge in [-0.3, -0.25) is 15.6 Å². The Morgan fingerprint density at radius 3 is 2.48 bits per heavy atom. The fourth-order valence-electron chi connectivity index (χ4n) is 4.31. The lowest BCUT2D eigenvalue weighted by molar-refractivity contribution is -0.205. The van der Waals surface area contributed by atoms with Crippen LogP contribution in [0.3, 0.4) is 0 Å². The molecule has 0 bridgehead atoms. The molecule has 1 aromatic heterocycles. The van der Waals surface area contributed by atoms with Crippen LogP contribution in [0.1, 0.15) is 37.4 Å². The van der Waals surface area contributed by atoms with Gasteiger partial charge in [-0.2, -0.15) is 13.2 Å². The van der Waals surface area contributed by atoms with Gasteiger partial charge < -0.3 is 19.9 Å². The van der Waals surface area contributed by atoms with Crippen LogP contribution in [-0.2, 0) is 9.53 Å². The number of carbonyl (C=O) groups excluding carboxylic acids is 1. The number of fused-ring (bicyclic) bond motifs is 1. The fraction of sp³-hybridized carbons (Fsp3) is 0.259. The molecule has 0 saturated carbocycles. The molecule has 2 aromatic carbocycles. The lowest BCUT2D eigenvalue weighted by Gasteiger charge is -2.38. The minimum atomic E-state index is -5.13. The molecule has 0 spiro atoms. The summed E-state index contributed by atoms with van der Waals surface area (Å²) in [5.41, 5.74) is 1.63. The summed E-state index contributed by atoms with van der Waals surface area (Å²) in [5.74, 6) is -1.81. The average molecular weight is 595 g/mol. The zero-order valence-electron chi connectivity index (χ0n) is 21.1. The molecule has 0 fully saturated rings. The largest absolute Gasteiger partial charge is 0.471 e. The van der Waals surface area contributed by atoms with Crippen molar-refractivity contribution < 1.29 is 32.5 Å². The van der Waals surface area contributed by atoms with Crippen molar-refractivity contribution in [3.63, 3.8) is 0 Å². The number of hydrogen-bond acceptors (Lipinski definition) is 7. The van der Waals surface area contributed by atoms with Gasteiger partial charge in [0.1, 0.15) is 5.60 Å². The van der Waals surface area contributed by atoms with Gasteiger partial charge in [0.25, 0.3) is 5.91 Å². The van der Waals surface area contributed by atoms with E-state index >= 15 is 0 Å². The lowest BCUT2D eigenvalue weighted by atomic mass is 9.88. The van der Waals surface area contributed by atoms with Crippen molar-refractivity contribution in [3.8, 4) is 28.3 Å². The van der Waals surface area contributed by atoms with Crippen LogP contribution in [0.5, 0.6) is 5.88 Å². The molecule has 2 heterocycles. The number of alkyl halides is 3. The van der Waals surface area contributed by atoms with Crippen molar-refractivity contribution in [2.24, 2.45) is 0 Å². The molecule has 0 saturated heterocycles. The Hall–Kier alpha value is -3.67. The molecule has 4 N–H and O–H groups in total. The second kappa shape index (κ2) is 11.1. The summed E-state index contributed by atoms with van der Waals surface area (Å²) in [7, 11) is 0. The van der Waals surface area contributed by atoms with E-state index in [0.29, 0.717) is 44.9 Å². The molecule has 8 nitrogen and oxygen atoms in total. The molecule has 40 heavy (non-hydrogen) atoms. The van der Waals surface area contributed by atoms with Gasteiger partial charge in [-0.05, 0) is 49.7 Å². The molecule has 1 aliphatic heterocycles. The van der Waals surface area contributed by atoms with E-state index in [2.05, 4.69) is 5.32 Å². The van der Waals surface area contributed by atoms with E-state index in [1.165, 1.54) is 6.07 Å². The molecular formula is C27H23Cl2F3N4O4. The van der Waals surface area contributed by atoms with Crippen LogP contribution in [0.2, 0.25) is 10.0 Å². The molecular weight excluding hydrogens is 572 g/mol. The van der Waals surface area contributed by atoms with Gasteiger partial charge >= 0.3 is 6.18 Å². The van der Waals surface area contributed by atoms with Crippen LogP contribution in [0, 0.1) is 10.8 Å². The number of hydrogen-bond donors (Lipinski definition) is 4. The molecule has 210 valence electrons. The molecule has 3 aromatic rings. The lowest BCUT2D eigenvalue weighted by Crippen LogP contribution is -2.48. The maximum Gasteiger partial charge on any atom is 0.423 e. The summed E-state index contributed by atoms with van der Waals surface area (Å²) in [6.07, 6.45) is -7.61. The van der Waals surface area contributed by atoms with Crippen molar-refractivity contribution in [1.29, 1.82) is 10.8 Å². The second-order valence-electron chi connectivity index (χ2n) is 9.62. The topological polar surface area (TPSA) is 128 Å². The zero-order valence-corrected chi connectivity index (χ0v) is 22.6. The molecule has 4 rings (SSSR count). The maximum atomic E-state index is 13.0. The number of aliphatic hydroxyl groups excluding tert-OH is 1. The Morgan fingerprint density at radius 1 is 1.20 bits per heavy atom. The highest BCUT2D eigenvalue weighted by molar-refractivity contribution is 6.34. The van der Waals surface area contributed by atoms with Gasteiger partial charge in [-0.15, -0.1) is 0 Å². The third kappa shape index (κ3) is 6.22. The number of ether oxygens (including phenoxy) is 2. The first-order chi connectivity index (χ1) is 18.7. The summed E-state index contributed by atoms with van der Waals surface area (Å²) in [5, 5.41) is 27.4. The van der Waals surface area contributed by atoms with Crippen LogP contribution in [0.15, 0.2) is 48.5 Å². The predicted octanol–water partition coefficient (Wildman–Crippen LogP) is 6.31. The number of rotatable bonds is 6. The summed E-state index contributed by atoms with van der Waals surface area (Å²) in [6, 6.07) is 12.1. The Bertz CT molecular complexity index is 1480. The molecule has 2 atom stereocenters. The third-order valence-electron chi connectivity index (χ3n) is 6.15. The number of nitrogens with one attached hydrogen (secondary N) is 3. The van der Waals surface area contributed by atoms with Crippen LogP contribution in [-0.4, -0.2) is 46.2 Å². The zero-order chi connectivity index (χ0) is 29.4. The van der Waals surface area contributed by atoms with Crippen LogP contribution in [0.4, 0.5) is 13.2 Å². The highest BCUT2D eigenvalue weighted by Crippen LogP contribution is 2.45. The number of nitrogens with zero attached hydrogens (tertiary/aromatic N) is 1. The van der Waals surface area contributed by atoms with E-state index in [-0.39, 0.29) is 23.2 Å².